The van der Waals surface area contributed by atoms with Crippen molar-refractivity contribution in [2.75, 3.05) is 12.4 Å². The molecule has 5 rings (SSSR count). The standard InChI is InChI=1S/C28H26N4O5/c1-37-22-6-4-5-20(16-22)30-26(34)17-31-24-8-3-2-7-23(24)27(35)32(28(31)36)21-13-9-18(10-14-21)15-25(33)29-19-11-12-19/h2-10,13-14,16,19H,11-12,15,17H2,1H3,(H,29,33)(H,30,34). The SMILES string of the molecule is COc1cccc(NC(=O)Cn2c(=O)n(-c3ccc(CC(=O)NC4CC4)cc3)c(=O)c3ccccc32)c1. The van der Waals surface area contributed by atoms with Crippen molar-refractivity contribution in [3.05, 3.63) is 99.2 Å². The molecule has 0 unspecified atom stereocenters. The third-order valence-electron chi connectivity index (χ3n) is 6.21. The van der Waals surface area contributed by atoms with Gasteiger partial charge < -0.3 is 15.4 Å². The maximum absolute atomic E-state index is 13.5. The van der Waals surface area contributed by atoms with Gasteiger partial charge in [0.25, 0.3) is 5.56 Å². The van der Waals surface area contributed by atoms with Crippen LogP contribution in [0.5, 0.6) is 5.75 Å². The Morgan fingerprint density at radius 3 is 2.43 bits per heavy atom. The van der Waals surface area contributed by atoms with Crippen LogP contribution in [0.1, 0.15) is 18.4 Å². The Balaban J connectivity index is 1.47. The smallest absolute Gasteiger partial charge is 0.336 e. The summed E-state index contributed by atoms with van der Waals surface area (Å²) in [5.74, 6) is 0.104. The summed E-state index contributed by atoms with van der Waals surface area (Å²) < 4.78 is 7.52. The second kappa shape index (κ2) is 10.1. The Morgan fingerprint density at radius 1 is 0.946 bits per heavy atom. The Hall–Kier alpha value is -4.66. The molecule has 1 aliphatic carbocycles. The number of methoxy groups -OCH3 is 1. The van der Waals surface area contributed by atoms with Gasteiger partial charge in [-0.1, -0.05) is 30.3 Å². The van der Waals surface area contributed by atoms with Crippen LogP contribution in [-0.4, -0.2) is 34.1 Å². The Morgan fingerprint density at radius 2 is 1.70 bits per heavy atom. The molecule has 3 aromatic carbocycles. The highest BCUT2D eigenvalue weighted by Crippen LogP contribution is 2.19. The fourth-order valence-electron chi connectivity index (χ4n) is 4.20. The number of aromatic nitrogens is 2. The summed E-state index contributed by atoms with van der Waals surface area (Å²) in [5, 5.41) is 6.02. The number of benzene rings is 3. The van der Waals surface area contributed by atoms with Crippen molar-refractivity contribution >= 4 is 28.4 Å². The Kier molecular flexibility index (Phi) is 6.59. The molecule has 2 amide bonds. The van der Waals surface area contributed by atoms with Crippen molar-refractivity contribution in [3.63, 3.8) is 0 Å². The second-order valence-electron chi connectivity index (χ2n) is 8.99. The molecule has 0 bridgehead atoms. The largest absolute Gasteiger partial charge is 0.497 e. The van der Waals surface area contributed by atoms with Crippen molar-refractivity contribution in [1.82, 2.24) is 14.5 Å². The van der Waals surface area contributed by atoms with Crippen LogP contribution in [-0.2, 0) is 22.6 Å². The van der Waals surface area contributed by atoms with Crippen molar-refractivity contribution < 1.29 is 14.3 Å². The molecule has 4 aromatic rings. The highest BCUT2D eigenvalue weighted by molar-refractivity contribution is 5.92. The number of hydrogen-bond donors (Lipinski definition) is 2. The summed E-state index contributed by atoms with van der Waals surface area (Å²) in [6.07, 6.45) is 2.25. The van der Waals surface area contributed by atoms with Crippen LogP contribution >= 0.6 is 0 Å². The fourth-order valence-corrected chi connectivity index (χ4v) is 4.20. The first-order valence-electron chi connectivity index (χ1n) is 12.0. The summed E-state index contributed by atoms with van der Waals surface area (Å²) in [7, 11) is 1.53. The first-order valence-corrected chi connectivity index (χ1v) is 12.0. The predicted molar refractivity (Wildman–Crippen MR) is 140 cm³/mol. The molecule has 2 N–H and O–H groups in total. The Labute approximate surface area is 212 Å². The number of fused-ring (bicyclic) bond motifs is 1. The van der Waals surface area contributed by atoms with Crippen LogP contribution in [0.25, 0.3) is 16.6 Å². The van der Waals surface area contributed by atoms with Gasteiger partial charge in [0, 0.05) is 17.8 Å². The van der Waals surface area contributed by atoms with Gasteiger partial charge in [-0.2, -0.15) is 0 Å². The van der Waals surface area contributed by atoms with Crippen LogP contribution in [0, 0.1) is 0 Å². The van der Waals surface area contributed by atoms with Crippen LogP contribution in [0.2, 0.25) is 0 Å². The van der Waals surface area contributed by atoms with Gasteiger partial charge in [-0.15, -0.1) is 0 Å². The van der Waals surface area contributed by atoms with E-state index >= 15 is 0 Å². The average Bonchev–Trinajstić information content (AvgIpc) is 3.71. The fraction of sp³-hybridized carbons (Fsp3) is 0.214. The van der Waals surface area contributed by atoms with Gasteiger partial charge >= 0.3 is 5.69 Å². The highest BCUT2D eigenvalue weighted by Gasteiger charge is 2.23. The van der Waals surface area contributed by atoms with Gasteiger partial charge in [-0.05, 0) is 54.8 Å². The van der Waals surface area contributed by atoms with Crippen molar-refractivity contribution in [2.24, 2.45) is 0 Å². The van der Waals surface area contributed by atoms with E-state index in [2.05, 4.69) is 10.6 Å². The molecule has 1 fully saturated rings. The number of carbonyl (C=O) groups is 2. The first-order chi connectivity index (χ1) is 17.9. The van der Waals surface area contributed by atoms with E-state index in [4.69, 9.17) is 4.74 Å². The molecule has 0 atom stereocenters. The highest BCUT2D eigenvalue weighted by atomic mass is 16.5. The molecular formula is C28H26N4O5. The number of para-hydroxylation sites is 1. The van der Waals surface area contributed by atoms with Crippen LogP contribution in [0.15, 0.2) is 82.4 Å². The zero-order valence-corrected chi connectivity index (χ0v) is 20.3. The lowest BCUT2D eigenvalue weighted by molar-refractivity contribution is -0.120. The monoisotopic (exact) mass is 498 g/mol. The number of rotatable bonds is 8. The summed E-state index contributed by atoms with van der Waals surface area (Å²) >= 11 is 0. The summed E-state index contributed by atoms with van der Waals surface area (Å²) in [6, 6.07) is 20.6. The third-order valence-corrected chi connectivity index (χ3v) is 6.21. The number of carbonyl (C=O) groups excluding carboxylic acids is 2. The molecular weight excluding hydrogens is 472 g/mol. The van der Waals surface area contributed by atoms with E-state index in [-0.39, 0.29) is 24.9 Å². The average molecular weight is 499 g/mol. The number of amides is 2. The minimum atomic E-state index is -0.635. The van der Waals surface area contributed by atoms with Gasteiger partial charge in [0.15, 0.2) is 0 Å². The molecule has 1 aromatic heterocycles. The van der Waals surface area contributed by atoms with Crippen LogP contribution in [0.4, 0.5) is 5.69 Å². The Bertz CT molecular complexity index is 1600. The maximum Gasteiger partial charge on any atom is 0.336 e. The van der Waals surface area contributed by atoms with Gasteiger partial charge in [0.2, 0.25) is 11.8 Å². The summed E-state index contributed by atoms with van der Waals surface area (Å²) in [6.45, 7) is -0.295. The molecule has 1 aliphatic rings. The topological polar surface area (TPSA) is 111 Å². The van der Waals surface area contributed by atoms with Gasteiger partial charge in [0.1, 0.15) is 12.3 Å². The first kappa shape index (κ1) is 24.1. The van der Waals surface area contributed by atoms with E-state index in [1.807, 2.05) is 0 Å². The molecule has 188 valence electrons. The third kappa shape index (κ3) is 5.30. The van der Waals surface area contributed by atoms with Gasteiger partial charge in [-0.25, -0.2) is 9.36 Å². The van der Waals surface area contributed by atoms with E-state index in [9.17, 15) is 19.2 Å². The molecule has 0 aliphatic heterocycles. The molecule has 9 heteroatoms. The minimum Gasteiger partial charge on any atom is -0.497 e. The van der Waals surface area contributed by atoms with E-state index in [0.29, 0.717) is 28.0 Å². The van der Waals surface area contributed by atoms with Crippen LogP contribution < -0.4 is 26.6 Å². The molecule has 0 saturated heterocycles. The molecule has 9 nitrogen and oxygen atoms in total. The number of nitrogens with zero attached hydrogens (tertiary/aromatic N) is 2. The lowest BCUT2D eigenvalue weighted by Gasteiger charge is -2.15. The summed E-state index contributed by atoms with van der Waals surface area (Å²) in [5.41, 5.74) is 0.898. The molecule has 1 saturated carbocycles. The predicted octanol–water partition coefficient (Wildman–Crippen LogP) is 2.62. The molecule has 37 heavy (non-hydrogen) atoms. The lowest BCUT2D eigenvalue weighted by atomic mass is 10.1. The van der Waals surface area contributed by atoms with Crippen molar-refractivity contribution in [1.29, 1.82) is 0 Å². The van der Waals surface area contributed by atoms with Crippen molar-refractivity contribution in [3.8, 4) is 11.4 Å². The van der Waals surface area contributed by atoms with E-state index in [0.717, 1.165) is 23.0 Å². The molecule has 0 spiro atoms. The summed E-state index contributed by atoms with van der Waals surface area (Å²) in [4.78, 5) is 51.9. The van der Waals surface area contributed by atoms with Gasteiger partial charge in [0.05, 0.1) is 30.1 Å². The molecule has 0 radical (unpaired) electrons. The minimum absolute atomic E-state index is 0.0532. The van der Waals surface area contributed by atoms with E-state index < -0.39 is 17.2 Å². The van der Waals surface area contributed by atoms with Crippen LogP contribution in [0.3, 0.4) is 0 Å². The quantitative estimate of drug-likeness (QED) is 0.388. The van der Waals surface area contributed by atoms with E-state index in [1.165, 1.54) is 11.7 Å². The number of ether oxygens (including phenoxy) is 1. The number of hydrogen-bond acceptors (Lipinski definition) is 5. The normalized spacial score (nSPS) is 12.8. The number of anilines is 1. The zero-order valence-electron chi connectivity index (χ0n) is 20.3. The number of nitrogens with one attached hydrogen (secondary N) is 2. The lowest BCUT2D eigenvalue weighted by Crippen LogP contribution is -2.40. The van der Waals surface area contributed by atoms with Crippen molar-refractivity contribution in [2.45, 2.75) is 31.8 Å². The zero-order chi connectivity index (χ0) is 25.9. The van der Waals surface area contributed by atoms with E-state index in [1.54, 1.807) is 72.8 Å². The second-order valence-corrected chi connectivity index (χ2v) is 8.99. The van der Waals surface area contributed by atoms with Gasteiger partial charge in [-0.3, -0.25) is 19.0 Å². The molecule has 1 heterocycles. The maximum atomic E-state index is 13.5.